The normalized spacial score (nSPS) is 11.9. The third-order valence-electron chi connectivity index (χ3n) is 15.1. The standard InChI is InChI=1S/C65H126O6/c1-4-7-10-13-16-19-21-23-25-27-28-29-30-31-32-33-34-35-36-37-39-40-42-44-46-49-52-55-58-64(67)70-61-62(60-69-63(66)57-54-51-48-18-15-12-9-6-3)71-65(68)59-56-53-50-47-45-43-41-38-26-24-22-20-17-14-11-8-5-2/h62H,4-61H2,1-3H3. The molecule has 0 saturated heterocycles. The van der Waals surface area contributed by atoms with Gasteiger partial charge >= 0.3 is 17.9 Å². The van der Waals surface area contributed by atoms with Gasteiger partial charge in [-0.1, -0.05) is 342 Å². The first kappa shape index (κ1) is 69.4. The summed E-state index contributed by atoms with van der Waals surface area (Å²) >= 11 is 0. The number of unbranched alkanes of at least 4 members (excludes halogenated alkanes) is 50. The third-order valence-corrected chi connectivity index (χ3v) is 15.1. The maximum atomic E-state index is 12.8. The zero-order valence-corrected chi connectivity index (χ0v) is 48.5. The highest BCUT2D eigenvalue weighted by atomic mass is 16.6. The van der Waals surface area contributed by atoms with E-state index in [1.54, 1.807) is 0 Å². The molecule has 6 heteroatoms. The minimum absolute atomic E-state index is 0.0613. The number of ether oxygens (including phenoxy) is 3. The van der Waals surface area contributed by atoms with Gasteiger partial charge in [-0.25, -0.2) is 0 Å². The van der Waals surface area contributed by atoms with Crippen LogP contribution in [0.1, 0.15) is 380 Å². The van der Waals surface area contributed by atoms with Gasteiger partial charge in [-0.3, -0.25) is 14.4 Å². The van der Waals surface area contributed by atoms with E-state index in [-0.39, 0.29) is 31.1 Å². The van der Waals surface area contributed by atoms with Gasteiger partial charge in [-0.05, 0) is 19.3 Å². The van der Waals surface area contributed by atoms with Crippen LogP contribution in [-0.4, -0.2) is 37.2 Å². The molecule has 0 fully saturated rings. The summed E-state index contributed by atoms with van der Waals surface area (Å²) in [5.74, 6) is -0.835. The Hall–Kier alpha value is -1.59. The lowest BCUT2D eigenvalue weighted by Gasteiger charge is -2.18. The van der Waals surface area contributed by atoms with Crippen LogP contribution in [0.5, 0.6) is 0 Å². The van der Waals surface area contributed by atoms with Crippen molar-refractivity contribution in [3.05, 3.63) is 0 Å². The Balaban J connectivity index is 4.02. The van der Waals surface area contributed by atoms with Gasteiger partial charge in [-0.2, -0.15) is 0 Å². The van der Waals surface area contributed by atoms with E-state index in [4.69, 9.17) is 14.2 Å². The molecule has 0 aliphatic rings. The highest BCUT2D eigenvalue weighted by Gasteiger charge is 2.19. The monoisotopic (exact) mass is 1000 g/mol. The van der Waals surface area contributed by atoms with Crippen molar-refractivity contribution in [1.29, 1.82) is 0 Å². The molecule has 0 heterocycles. The smallest absolute Gasteiger partial charge is 0.306 e. The zero-order valence-electron chi connectivity index (χ0n) is 48.5. The quantitative estimate of drug-likeness (QED) is 0.0343. The van der Waals surface area contributed by atoms with Gasteiger partial charge in [0.05, 0.1) is 0 Å². The summed E-state index contributed by atoms with van der Waals surface area (Å²) in [6.07, 6.45) is 70.0. The first-order chi connectivity index (χ1) is 35.0. The fourth-order valence-electron chi connectivity index (χ4n) is 10.2. The van der Waals surface area contributed by atoms with Crippen LogP contribution < -0.4 is 0 Å². The van der Waals surface area contributed by atoms with Gasteiger partial charge in [-0.15, -0.1) is 0 Å². The second kappa shape index (κ2) is 61.0. The molecule has 1 unspecified atom stereocenters. The van der Waals surface area contributed by atoms with Crippen LogP contribution in [-0.2, 0) is 28.6 Å². The molecule has 0 rings (SSSR count). The van der Waals surface area contributed by atoms with E-state index in [9.17, 15) is 14.4 Å². The molecule has 1 atom stereocenters. The van der Waals surface area contributed by atoms with Crippen molar-refractivity contribution in [1.82, 2.24) is 0 Å². The molecule has 71 heavy (non-hydrogen) atoms. The van der Waals surface area contributed by atoms with Crippen LogP contribution in [0, 0.1) is 0 Å². The number of hydrogen-bond acceptors (Lipinski definition) is 6. The van der Waals surface area contributed by atoms with Gasteiger partial charge in [0, 0.05) is 19.3 Å². The van der Waals surface area contributed by atoms with Crippen LogP contribution in [0.15, 0.2) is 0 Å². The van der Waals surface area contributed by atoms with E-state index in [0.717, 1.165) is 57.8 Å². The molecule has 0 aromatic carbocycles. The number of hydrogen-bond donors (Lipinski definition) is 0. The Labute approximate surface area is 444 Å². The number of carbonyl (C=O) groups excluding carboxylic acids is 3. The van der Waals surface area contributed by atoms with Gasteiger partial charge in [0.2, 0.25) is 0 Å². The average Bonchev–Trinajstić information content (AvgIpc) is 3.37. The highest BCUT2D eigenvalue weighted by molar-refractivity contribution is 5.71. The van der Waals surface area contributed by atoms with Crippen molar-refractivity contribution in [2.24, 2.45) is 0 Å². The largest absolute Gasteiger partial charge is 0.462 e. The second-order valence-electron chi connectivity index (χ2n) is 22.4. The van der Waals surface area contributed by atoms with Crippen LogP contribution >= 0.6 is 0 Å². The average molecular weight is 1000 g/mol. The molecule has 6 nitrogen and oxygen atoms in total. The summed E-state index contributed by atoms with van der Waals surface area (Å²) in [4.78, 5) is 38.1. The van der Waals surface area contributed by atoms with Crippen molar-refractivity contribution in [3.63, 3.8) is 0 Å². The summed E-state index contributed by atoms with van der Waals surface area (Å²) in [5.41, 5.74) is 0. The SMILES string of the molecule is CCCCCCCCCCCCCCCCCCCCCCCCCCCCCCC(=O)OCC(COC(=O)CCCCCCCCCC)OC(=O)CCCCCCCCCCCCCCCCCCC. The lowest BCUT2D eigenvalue weighted by Crippen LogP contribution is -2.30. The first-order valence-corrected chi connectivity index (χ1v) is 32.5. The van der Waals surface area contributed by atoms with Crippen LogP contribution in [0.25, 0.3) is 0 Å². The number of carbonyl (C=O) groups is 3. The Morgan fingerprint density at radius 2 is 0.380 bits per heavy atom. The predicted molar refractivity (Wildman–Crippen MR) is 307 cm³/mol. The Morgan fingerprint density at radius 1 is 0.225 bits per heavy atom. The van der Waals surface area contributed by atoms with E-state index < -0.39 is 6.10 Å². The van der Waals surface area contributed by atoms with Crippen molar-refractivity contribution in [2.75, 3.05) is 13.2 Å². The molecule has 0 bridgehead atoms. The molecule has 422 valence electrons. The molecule has 0 aliphatic carbocycles. The topological polar surface area (TPSA) is 78.9 Å². The van der Waals surface area contributed by atoms with Crippen molar-refractivity contribution >= 4 is 17.9 Å². The highest BCUT2D eigenvalue weighted by Crippen LogP contribution is 2.19. The molecule has 0 amide bonds. The number of esters is 3. The van der Waals surface area contributed by atoms with Gasteiger partial charge in [0.25, 0.3) is 0 Å². The predicted octanol–water partition coefficient (Wildman–Crippen LogP) is 21.9. The Kier molecular flexibility index (Phi) is 59.6. The Morgan fingerprint density at radius 3 is 0.563 bits per heavy atom. The van der Waals surface area contributed by atoms with Crippen LogP contribution in [0.2, 0.25) is 0 Å². The molecule has 0 aromatic heterocycles. The van der Waals surface area contributed by atoms with Crippen molar-refractivity contribution in [3.8, 4) is 0 Å². The minimum Gasteiger partial charge on any atom is -0.462 e. The summed E-state index contributed by atoms with van der Waals surface area (Å²) in [6.45, 7) is 6.69. The lowest BCUT2D eigenvalue weighted by molar-refractivity contribution is -0.167. The van der Waals surface area contributed by atoms with Crippen LogP contribution in [0.4, 0.5) is 0 Å². The maximum absolute atomic E-state index is 12.8. The van der Waals surface area contributed by atoms with E-state index in [0.29, 0.717) is 19.3 Å². The van der Waals surface area contributed by atoms with E-state index in [1.807, 2.05) is 0 Å². The van der Waals surface area contributed by atoms with Crippen LogP contribution in [0.3, 0.4) is 0 Å². The molecule has 0 aromatic rings. The van der Waals surface area contributed by atoms with Gasteiger partial charge in [0.15, 0.2) is 6.10 Å². The van der Waals surface area contributed by atoms with Crippen molar-refractivity contribution < 1.29 is 28.6 Å². The molecular weight excluding hydrogens is 877 g/mol. The molecule has 0 saturated carbocycles. The zero-order chi connectivity index (χ0) is 51.4. The third kappa shape index (κ3) is 59.2. The molecule has 0 spiro atoms. The molecule has 0 aliphatic heterocycles. The maximum Gasteiger partial charge on any atom is 0.306 e. The van der Waals surface area contributed by atoms with Gasteiger partial charge in [0.1, 0.15) is 13.2 Å². The molecule has 0 N–H and O–H groups in total. The van der Waals surface area contributed by atoms with E-state index >= 15 is 0 Å². The summed E-state index contributed by atoms with van der Waals surface area (Å²) < 4.78 is 16.9. The Bertz CT molecular complexity index is 1060. The first-order valence-electron chi connectivity index (χ1n) is 32.5. The summed E-state index contributed by atoms with van der Waals surface area (Å²) in [6, 6.07) is 0. The molecule has 0 radical (unpaired) electrons. The van der Waals surface area contributed by atoms with E-state index in [2.05, 4.69) is 20.8 Å². The molecular formula is C65H126O6. The second-order valence-corrected chi connectivity index (χ2v) is 22.4. The van der Waals surface area contributed by atoms with Gasteiger partial charge < -0.3 is 14.2 Å². The minimum atomic E-state index is -0.761. The van der Waals surface area contributed by atoms with E-state index in [1.165, 1.54) is 283 Å². The van der Waals surface area contributed by atoms with Crippen molar-refractivity contribution in [2.45, 2.75) is 386 Å². The summed E-state index contributed by atoms with van der Waals surface area (Å²) in [7, 11) is 0. The fraction of sp³-hybridized carbons (Fsp3) is 0.954. The number of rotatable bonds is 61. The fourth-order valence-corrected chi connectivity index (χ4v) is 10.2. The lowest BCUT2D eigenvalue weighted by atomic mass is 10.0. The summed E-state index contributed by atoms with van der Waals surface area (Å²) in [5, 5.41) is 0.